The van der Waals surface area contributed by atoms with Gasteiger partial charge in [0.1, 0.15) is 5.75 Å². The average Bonchev–Trinajstić information content (AvgIpc) is 2.53. The van der Waals surface area contributed by atoms with Crippen molar-refractivity contribution in [1.82, 2.24) is 0 Å². The zero-order valence-electron chi connectivity index (χ0n) is 12.3. The van der Waals surface area contributed by atoms with Gasteiger partial charge in [0.15, 0.2) is 0 Å². The minimum absolute atomic E-state index is 0.348. The molecule has 0 spiro atoms. The predicted octanol–water partition coefficient (Wildman–Crippen LogP) is 4.59. The Balaban J connectivity index is 2.25. The Morgan fingerprint density at radius 2 is 1.86 bits per heavy atom. The van der Waals surface area contributed by atoms with Gasteiger partial charge in [0.2, 0.25) is 0 Å². The monoisotopic (exact) mass is 284 g/mol. The van der Waals surface area contributed by atoms with Crippen LogP contribution in [0.15, 0.2) is 30.3 Å². The van der Waals surface area contributed by atoms with Gasteiger partial charge >= 0.3 is 5.97 Å². The van der Waals surface area contributed by atoms with Gasteiger partial charge in [0, 0.05) is 5.39 Å². The molecule has 0 heterocycles. The van der Waals surface area contributed by atoms with E-state index in [4.69, 9.17) is 4.74 Å². The number of carbonyl (C=O) groups is 1. The molecule has 110 valence electrons. The van der Waals surface area contributed by atoms with E-state index in [2.05, 4.69) is 0 Å². The van der Waals surface area contributed by atoms with Crippen LogP contribution in [0.5, 0.6) is 5.75 Å². The summed E-state index contributed by atoms with van der Waals surface area (Å²) in [6.07, 6.45) is 5.79. The van der Waals surface area contributed by atoms with Crippen LogP contribution in [0.1, 0.15) is 53.9 Å². The Morgan fingerprint density at radius 3 is 2.52 bits per heavy atom. The largest absolute Gasteiger partial charge is 0.496 e. The number of aromatic carboxylic acids is 1. The molecule has 0 saturated heterocycles. The van der Waals surface area contributed by atoms with E-state index in [1.165, 1.54) is 19.3 Å². The summed E-state index contributed by atoms with van der Waals surface area (Å²) in [7, 11) is 1.65. The second-order valence-electron chi connectivity index (χ2n) is 5.72. The Labute approximate surface area is 124 Å². The van der Waals surface area contributed by atoms with Crippen molar-refractivity contribution >= 4 is 16.7 Å². The van der Waals surface area contributed by atoms with Crippen molar-refractivity contribution in [3.63, 3.8) is 0 Å². The number of methoxy groups -OCH3 is 1. The molecule has 1 saturated carbocycles. The fourth-order valence-electron chi connectivity index (χ4n) is 3.55. The van der Waals surface area contributed by atoms with Crippen LogP contribution in [0.3, 0.4) is 0 Å². The van der Waals surface area contributed by atoms with Crippen LogP contribution in [-0.2, 0) is 0 Å². The molecule has 1 fully saturated rings. The number of hydrogen-bond acceptors (Lipinski definition) is 2. The van der Waals surface area contributed by atoms with Crippen LogP contribution in [0.4, 0.5) is 0 Å². The van der Waals surface area contributed by atoms with E-state index >= 15 is 0 Å². The van der Waals surface area contributed by atoms with Gasteiger partial charge in [0.25, 0.3) is 0 Å². The maximum Gasteiger partial charge on any atom is 0.335 e. The zero-order chi connectivity index (χ0) is 14.8. The number of fused-ring (bicyclic) bond motifs is 1. The number of ether oxygens (including phenoxy) is 1. The molecule has 0 aliphatic heterocycles. The minimum Gasteiger partial charge on any atom is -0.496 e. The van der Waals surface area contributed by atoms with Crippen molar-refractivity contribution in [2.45, 2.75) is 38.0 Å². The average molecular weight is 284 g/mol. The standard InChI is InChI=1S/C18H20O3/c1-21-16-9-5-8-14-13(16)10-11-15(18(19)20)17(14)12-6-3-2-4-7-12/h5,8-12H,2-4,6-7H2,1H3,(H,19,20). The minimum atomic E-state index is -0.833. The third kappa shape index (κ3) is 2.48. The molecule has 0 aromatic heterocycles. The summed E-state index contributed by atoms with van der Waals surface area (Å²) in [5.74, 6) is 0.322. The lowest BCUT2D eigenvalue weighted by Gasteiger charge is -2.25. The highest BCUT2D eigenvalue weighted by Crippen LogP contribution is 2.40. The molecule has 0 radical (unpaired) electrons. The number of rotatable bonds is 3. The van der Waals surface area contributed by atoms with Gasteiger partial charge in [-0.2, -0.15) is 0 Å². The molecule has 0 amide bonds. The quantitative estimate of drug-likeness (QED) is 0.896. The third-order valence-electron chi connectivity index (χ3n) is 4.53. The van der Waals surface area contributed by atoms with Crippen LogP contribution in [0.25, 0.3) is 10.8 Å². The lowest BCUT2D eigenvalue weighted by Crippen LogP contribution is -2.11. The van der Waals surface area contributed by atoms with Crippen LogP contribution in [0, 0.1) is 0 Å². The Morgan fingerprint density at radius 1 is 1.10 bits per heavy atom. The fourth-order valence-corrected chi connectivity index (χ4v) is 3.55. The maximum absolute atomic E-state index is 11.6. The number of carboxylic acids is 1. The molecule has 0 bridgehead atoms. The van der Waals surface area contributed by atoms with E-state index in [0.717, 1.165) is 34.9 Å². The second kappa shape index (κ2) is 5.76. The highest BCUT2D eigenvalue weighted by atomic mass is 16.5. The first kappa shape index (κ1) is 13.9. The molecule has 3 rings (SSSR count). The molecule has 3 nitrogen and oxygen atoms in total. The smallest absolute Gasteiger partial charge is 0.335 e. The van der Waals surface area contributed by atoms with Crippen molar-refractivity contribution in [3.8, 4) is 5.75 Å². The van der Waals surface area contributed by atoms with Gasteiger partial charge in [-0.3, -0.25) is 0 Å². The Bertz CT molecular complexity index is 669. The van der Waals surface area contributed by atoms with E-state index in [-0.39, 0.29) is 0 Å². The van der Waals surface area contributed by atoms with E-state index in [1.807, 2.05) is 24.3 Å². The molecule has 2 aromatic carbocycles. The van der Waals surface area contributed by atoms with Gasteiger partial charge in [-0.25, -0.2) is 4.79 Å². The van der Waals surface area contributed by atoms with Crippen LogP contribution in [0.2, 0.25) is 0 Å². The van der Waals surface area contributed by atoms with Gasteiger partial charge in [0.05, 0.1) is 12.7 Å². The van der Waals surface area contributed by atoms with E-state index < -0.39 is 5.97 Å². The zero-order valence-corrected chi connectivity index (χ0v) is 12.3. The summed E-state index contributed by atoms with van der Waals surface area (Å²) in [4.78, 5) is 11.6. The first-order chi connectivity index (χ1) is 10.2. The fraction of sp³-hybridized carbons (Fsp3) is 0.389. The Hall–Kier alpha value is -2.03. The van der Waals surface area contributed by atoms with Crippen LogP contribution < -0.4 is 4.74 Å². The van der Waals surface area contributed by atoms with Gasteiger partial charge < -0.3 is 9.84 Å². The first-order valence-electron chi connectivity index (χ1n) is 7.55. The van der Waals surface area contributed by atoms with Gasteiger partial charge in [-0.1, -0.05) is 31.4 Å². The number of hydrogen-bond donors (Lipinski definition) is 1. The summed E-state index contributed by atoms with van der Waals surface area (Å²) in [5, 5.41) is 11.6. The highest BCUT2D eigenvalue weighted by Gasteiger charge is 2.24. The number of benzene rings is 2. The number of carboxylic acid groups (broad SMARTS) is 1. The van der Waals surface area contributed by atoms with Crippen molar-refractivity contribution in [1.29, 1.82) is 0 Å². The molecular formula is C18H20O3. The van der Waals surface area contributed by atoms with Crippen molar-refractivity contribution in [2.24, 2.45) is 0 Å². The summed E-state index contributed by atoms with van der Waals surface area (Å²) in [5.41, 5.74) is 1.45. The molecule has 2 aromatic rings. The topological polar surface area (TPSA) is 46.5 Å². The lowest BCUT2D eigenvalue weighted by atomic mass is 9.80. The molecule has 0 atom stereocenters. The molecule has 1 N–H and O–H groups in total. The molecular weight excluding hydrogens is 264 g/mol. The van der Waals surface area contributed by atoms with E-state index in [9.17, 15) is 9.90 Å². The molecule has 21 heavy (non-hydrogen) atoms. The van der Waals surface area contributed by atoms with Crippen molar-refractivity contribution in [2.75, 3.05) is 7.11 Å². The van der Waals surface area contributed by atoms with Crippen molar-refractivity contribution in [3.05, 3.63) is 41.5 Å². The summed E-state index contributed by atoms with van der Waals surface area (Å²) in [6, 6.07) is 9.49. The summed E-state index contributed by atoms with van der Waals surface area (Å²) in [6.45, 7) is 0. The third-order valence-corrected chi connectivity index (χ3v) is 4.53. The normalized spacial score (nSPS) is 16.0. The van der Waals surface area contributed by atoms with E-state index in [0.29, 0.717) is 11.5 Å². The SMILES string of the molecule is COc1cccc2c(C3CCCCC3)c(C(=O)O)ccc12. The predicted molar refractivity (Wildman–Crippen MR) is 83.3 cm³/mol. The molecule has 0 unspecified atom stereocenters. The molecule has 1 aliphatic carbocycles. The van der Waals surface area contributed by atoms with Gasteiger partial charge in [-0.15, -0.1) is 0 Å². The second-order valence-corrected chi connectivity index (χ2v) is 5.72. The lowest BCUT2D eigenvalue weighted by molar-refractivity contribution is 0.0695. The summed E-state index contributed by atoms with van der Waals surface area (Å²) < 4.78 is 5.42. The summed E-state index contributed by atoms with van der Waals surface area (Å²) >= 11 is 0. The molecule has 1 aliphatic rings. The first-order valence-corrected chi connectivity index (χ1v) is 7.55. The Kier molecular flexibility index (Phi) is 3.82. The highest BCUT2D eigenvalue weighted by molar-refractivity contribution is 6.00. The van der Waals surface area contributed by atoms with Crippen molar-refractivity contribution < 1.29 is 14.6 Å². The van der Waals surface area contributed by atoms with E-state index in [1.54, 1.807) is 13.2 Å². The molecule has 3 heteroatoms. The van der Waals surface area contributed by atoms with Crippen LogP contribution in [-0.4, -0.2) is 18.2 Å². The maximum atomic E-state index is 11.6. The van der Waals surface area contributed by atoms with Gasteiger partial charge in [-0.05, 0) is 47.9 Å². The van der Waals surface area contributed by atoms with Crippen LogP contribution >= 0.6 is 0 Å².